The van der Waals surface area contributed by atoms with Crippen LogP contribution in [0.3, 0.4) is 0 Å². The van der Waals surface area contributed by atoms with Crippen LogP contribution in [0.5, 0.6) is 0 Å². The Hall–Kier alpha value is 0.999. The molecule has 0 aromatic carbocycles. The van der Waals surface area contributed by atoms with Gasteiger partial charge in [0, 0.05) is 0 Å². The lowest BCUT2D eigenvalue weighted by Crippen LogP contribution is -1.59. The van der Waals surface area contributed by atoms with E-state index in [1.165, 1.54) is 0 Å². The molecule has 0 unspecified atom stereocenters. The third-order valence-electron chi connectivity index (χ3n) is 0. The van der Waals surface area contributed by atoms with Crippen molar-refractivity contribution in [3.63, 3.8) is 0 Å². The van der Waals surface area contributed by atoms with Crippen LogP contribution in [-0.4, -0.2) is 31.2 Å². The fourth-order valence-corrected chi connectivity index (χ4v) is 0. The molecule has 0 bridgehead atoms. The summed E-state index contributed by atoms with van der Waals surface area (Å²) in [5.74, 6) is 0. The summed E-state index contributed by atoms with van der Waals surface area (Å²) in [7, 11) is -1.11. The van der Waals surface area contributed by atoms with E-state index in [2.05, 4.69) is 0 Å². The van der Waals surface area contributed by atoms with Gasteiger partial charge in [0.1, 0.15) is 0 Å². The quantitative estimate of drug-likeness (QED) is 0.285. The van der Waals surface area contributed by atoms with E-state index in [0.717, 1.165) is 0 Å². The predicted octanol–water partition coefficient (Wildman–Crippen LogP) is -1.97. The molecule has 0 aliphatic rings. The molecule has 0 rings (SSSR count). The minimum atomic E-state index is -1.11. The maximum absolute atomic E-state index is 7.47. The van der Waals surface area contributed by atoms with Crippen LogP contribution in [0.1, 0.15) is 0 Å². The van der Waals surface area contributed by atoms with E-state index in [1.807, 2.05) is 0 Å². The summed E-state index contributed by atoms with van der Waals surface area (Å²) >= 11 is 4.69. The predicted molar refractivity (Wildman–Crippen MR) is 26.6 cm³/mol. The summed E-state index contributed by atoms with van der Waals surface area (Å²) in [6.45, 7) is 0. The van der Waals surface area contributed by atoms with Gasteiger partial charge >= 0.3 is 0 Å². The fourth-order valence-electron chi connectivity index (χ4n) is 0. The molecular weight excluding hydrogens is 107 g/mol. The number of halogens is 1. The van der Waals surface area contributed by atoms with Crippen LogP contribution in [0.2, 0.25) is 0 Å². The first kappa shape index (κ1) is 8.89. The second kappa shape index (κ2) is 9.00. The molecule has 0 aromatic rings. The highest BCUT2D eigenvalue weighted by atomic mass is 35.6. The molecule has 0 atom stereocenters. The van der Waals surface area contributed by atoms with Crippen molar-refractivity contribution in [1.82, 2.24) is 0 Å². The van der Waals surface area contributed by atoms with Crippen molar-refractivity contribution in [3.05, 3.63) is 0 Å². The van der Waals surface area contributed by atoms with Gasteiger partial charge in [0.05, 0.1) is 0 Å². The van der Waals surface area contributed by atoms with Gasteiger partial charge in [-0.3, -0.25) is 0 Å². The summed E-state index contributed by atoms with van der Waals surface area (Å²) in [4.78, 5) is 7.47. The normalized spacial score (nSPS) is 7.50. The van der Waals surface area contributed by atoms with Crippen LogP contribution in [0, 0.1) is 0 Å². The maximum Gasteiger partial charge on any atom is 0.255 e. The molecule has 0 fully saturated rings. The van der Waals surface area contributed by atoms with E-state index in [0.29, 0.717) is 0 Å². The zero-order chi connectivity index (χ0) is 2.71. The molecule has 0 radical (unpaired) electrons. The van der Waals surface area contributed by atoms with Gasteiger partial charge < -0.3 is 4.80 Å². The third kappa shape index (κ3) is 12.0. The number of rotatable bonds is 0. The zero-order valence-electron chi connectivity index (χ0n) is 1.53. The second-order valence-corrected chi connectivity index (χ2v) is 1.08. The average molecular weight is 113 g/mol. The lowest BCUT2D eigenvalue weighted by molar-refractivity contribution is 0.622. The molecule has 0 spiro atoms. The largest absolute Gasteiger partial charge is 0.424 e. The van der Waals surface area contributed by atoms with Crippen molar-refractivity contribution in [2.24, 2.45) is 0 Å². The molecule has 0 heterocycles. The SMILES string of the molecule is O[SiH2]Cl.[AlH3]. The monoisotopic (exact) mass is 112 g/mol. The van der Waals surface area contributed by atoms with E-state index in [4.69, 9.17) is 15.9 Å². The van der Waals surface area contributed by atoms with Crippen molar-refractivity contribution in [1.29, 1.82) is 0 Å². The highest BCUT2D eigenvalue weighted by Gasteiger charge is 1.43. The Bertz CT molecular complexity index is 8.00. The minimum absolute atomic E-state index is 0. The van der Waals surface area contributed by atoms with Crippen LogP contribution >= 0.6 is 11.1 Å². The van der Waals surface area contributed by atoms with Gasteiger partial charge in [-0.25, -0.2) is 0 Å². The van der Waals surface area contributed by atoms with Crippen LogP contribution in [0.15, 0.2) is 0 Å². The molecule has 0 saturated carbocycles. The van der Waals surface area contributed by atoms with Crippen LogP contribution < -0.4 is 0 Å². The zero-order valence-corrected chi connectivity index (χ0v) is 3.70. The highest BCUT2D eigenvalue weighted by Crippen LogP contribution is 1.47. The summed E-state index contributed by atoms with van der Waals surface area (Å²) in [6.07, 6.45) is 0. The Morgan fingerprint density at radius 1 is 1.75 bits per heavy atom. The lowest BCUT2D eigenvalue weighted by atomic mass is 15.9. The Morgan fingerprint density at radius 2 is 1.75 bits per heavy atom. The Labute approximate surface area is 42.7 Å². The van der Waals surface area contributed by atoms with Gasteiger partial charge in [0.15, 0.2) is 17.4 Å². The molecule has 4 heteroatoms. The lowest BCUT2D eigenvalue weighted by Gasteiger charge is -1.46. The van der Waals surface area contributed by atoms with E-state index < -0.39 is 9.07 Å². The Morgan fingerprint density at radius 3 is 1.75 bits per heavy atom. The Kier molecular flexibility index (Phi) is 20.0. The smallest absolute Gasteiger partial charge is 0.255 e. The first-order chi connectivity index (χ1) is 1.41. The fraction of sp³-hybridized carbons (Fsp3) is 0. The van der Waals surface area contributed by atoms with Crippen LogP contribution in [0.25, 0.3) is 0 Å². The van der Waals surface area contributed by atoms with E-state index in [9.17, 15) is 0 Å². The molecule has 0 saturated heterocycles. The van der Waals surface area contributed by atoms with Crippen molar-refractivity contribution in [2.75, 3.05) is 0 Å². The van der Waals surface area contributed by atoms with Crippen molar-refractivity contribution in [2.45, 2.75) is 0 Å². The number of hydrogen-bond acceptors (Lipinski definition) is 1. The highest BCUT2D eigenvalue weighted by molar-refractivity contribution is 6.89. The van der Waals surface area contributed by atoms with E-state index >= 15 is 0 Å². The topological polar surface area (TPSA) is 20.2 Å². The standard InChI is InChI=1S/Al.ClH3OSi.3H/c;1-3-2;;;/h;2H,3H2;;;. The average Bonchev–Trinajstić information content (AvgIpc) is 0.918. The summed E-state index contributed by atoms with van der Waals surface area (Å²) < 4.78 is 0. The van der Waals surface area contributed by atoms with Crippen molar-refractivity contribution < 1.29 is 4.80 Å². The molecular formula is H6AlClOSi. The maximum atomic E-state index is 7.47. The van der Waals surface area contributed by atoms with Gasteiger partial charge in [-0.05, 0) is 0 Å². The summed E-state index contributed by atoms with van der Waals surface area (Å²) in [5, 5.41) is 0. The van der Waals surface area contributed by atoms with Crippen molar-refractivity contribution in [3.8, 4) is 0 Å². The molecule has 1 N–H and O–H groups in total. The van der Waals surface area contributed by atoms with Gasteiger partial charge in [-0.1, -0.05) is 0 Å². The molecule has 0 amide bonds. The third-order valence-corrected chi connectivity index (χ3v) is 0. The molecule has 0 aromatic heterocycles. The van der Waals surface area contributed by atoms with Gasteiger partial charge in [0.2, 0.25) is 0 Å². The van der Waals surface area contributed by atoms with Gasteiger partial charge in [0.25, 0.3) is 9.07 Å². The summed E-state index contributed by atoms with van der Waals surface area (Å²) in [5.41, 5.74) is 0. The molecule has 4 heavy (non-hydrogen) atoms. The first-order valence-corrected chi connectivity index (χ1v) is 3.35. The summed E-state index contributed by atoms with van der Waals surface area (Å²) in [6, 6.07) is 0. The molecule has 0 aliphatic carbocycles. The van der Waals surface area contributed by atoms with Crippen LogP contribution in [-0.2, 0) is 0 Å². The van der Waals surface area contributed by atoms with Gasteiger partial charge in [-0.2, -0.15) is 0 Å². The molecule has 0 aliphatic heterocycles. The van der Waals surface area contributed by atoms with E-state index in [-0.39, 0.29) is 17.4 Å². The second-order valence-electron chi connectivity index (χ2n) is 0.120. The molecule has 26 valence electrons. The molecule has 1 nitrogen and oxygen atoms in total. The van der Waals surface area contributed by atoms with Gasteiger partial charge in [-0.15, -0.1) is 11.1 Å². The van der Waals surface area contributed by atoms with Crippen LogP contribution in [0.4, 0.5) is 0 Å². The number of hydrogen-bond donors (Lipinski definition) is 1. The van der Waals surface area contributed by atoms with Crippen molar-refractivity contribution >= 4 is 37.5 Å². The first-order valence-electron chi connectivity index (χ1n) is 0.583. The van der Waals surface area contributed by atoms with E-state index in [1.54, 1.807) is 0 Å². The Balaban J connectivity index is 0. The minimum Gasteiger partial charge on any atom is -0.424 e.